The number of rotatable bonds is 5. The molecule has 0 radical (unpaired) electrons. The van der Waals surface area contributed by atoms with E-state index in [2.05, 4.69) is 30.2 Å². The molecular weight excluding hydrogens is 212 g/mol. The lowest BCUT2D eigenvalue weighted by Gasteiger charge is -2.11. The molecule has 0 saturated carbocycles. The minimum Gasteiger partial charge on any atom is -0.445 e. The summed E-state index contributed by atoms with van der Waals surface area (Å²) >= 11 is 0. The number of hydrogen-bond acceptors (Lipinski definition) is 3. The summed E-state index contributed by atoms with van der Waals surface area (Å²) in [6.07, 6.45) is 5.66. The zero-order valence-corrected chi connectivity index (χ0v) is 10.4. The largest absolute Gasteiger partial charge is 0.445 e. The van der Waals surface area contributed by atoms with E-state index in [0.717, 1.165) is 17.8 Å². The number of benzene rings is 1. The van der Waals surface area contributed by atoms with Gasteiger partial charge in [0.05, 0.1) is 6.20 Å². The van der Waals surface area contributed by atoms with Crippen LogP contribution in [0.5, 0.6) is 0 Å². The second-order valence-electron chi connectivity index (χ2n) is 4.10. The van der Waals surface area contributed by atoms with E-state index >= 15 is 0 Å². The lowest BCUT2D eigenvalue weighted by atomic mass is 10.1. The fourth-order valence-electron chi connectivity index (χ4n) is 1.82. The van der Waals surface area contributed by atoms with Crippen molar-refractivity contribution in [3.8, 4) is 11.5 Å². The molecule has 0 saturated heterocycles. The van der Waals surface area contributed by atoms with Gasteiger partial charge in [-0.05, 0) is 31.0 Å². The summed E-state index contributed by atoms with van der Waals surface area (Å²) in [5.41, 5.74) is 3.40. The highest BCUT2D eigenvalue weighted by atomic mass is 16.3. The highest BCUT2D eigenvalue weighted by Crippen LogP contribution is 2.27. The lowest BCUT2D eigenvalue weighted by molar-refractivity contribution is 0.574. The first kappa shape index (κ1) is 11.7. The molecule has 0 spiro atoms. The summed E-state index contributed by atoms with van der Waals surface area (Å²) in [6, 6.07) is 6.16. The normalized spacial score (nSPS) is 10.5. The molecule has 3 nitrogen and oxygen atoms in total. The van der Waals surface area contributed by atoms with Gasteiger partial charge >= 0.3 is 0 Å². The van der Waals surface area contributed by atoms with Gasteiger partial charge in [0, 0.05) is 17.8 Å². The molecule has 1 aromatic carbocycles. The summed E-state index contributed by atoms with van der Waals surface area (Å²) in [4.78, 5) is 4.19. The average Bonchev–Trinajstić information content (AvgIpc) is 2.85. The van der Waals surface area contributed by atoms with Crippen LogP contribution in [0.1, 0.15) is 25.3 Å². The van der Waals surface area contributed by atoms with Crippen LogP contribution >= 0.6 is 0 Å². The van der Waals surface area contributed by atoms with Crippen LogP contribution in [0.4, 0.5) is 5.69 Å². The molecule has 0 unspecified atom stereocenters. The molecular formula is C14H18N2O. The third-order valence-corrected chi connectivity index (χ3v) is 2.84. The fraction of sp³-hybridized carbons (Fsp3) is 0.357. The Bertz CT molecular complexity index is 463. The number of anilines is 1. The molecule has 0 atom stereocenters. The fourth-order valence-corrected chi connectivity index (χ4v) is 1.82. The Morgan fingerprint density at radius 3 is 2.94 bits per heavy atom. The van der Waals surface area contributed by atoms with Crippen LogP contribution in [0.25, 0.3) is 11.5 Å². The minimum atomic E-state index is 0.682. The standard InChI is InChI=1S/C14H18N2O/c1-3-4-8-15-13-7-5-6-12(11(13)2)14-16-9-10-17-14/h5-7,9-10,15H,3-4,8H2,1-2H3. The Labute approximate surface area is 102 Å². The molecule has 3 heteroatoms. The highest BCUT2D eigenvalue weighted by Gasteiger charge is 2.08. The molecule has 0 amide bonds. The van der Waals surface area contributed by atoms with E-state index < -0.39 is 0 Å². The molecule has 90 valence electrons. The third kappa shape index (κ3) is 2.67. The first-order chi connectivity index (χ1) is 8.33. The summed E-state index contributed by atoms with van der Waals surface area (Å²) in [5, 5.41) is 3.45. The SMILES string of the molecule is CCCCNc1cccc(-c2ncco2)c1C. The van der Waals surface area contributed by atoms with Crippen LogP contribution in [-0.4, -0.2) is 11.5 Å². The molecule has 2 aromatic rings. The number of oxazole rings is 1. The summed E-state index contributed by atoms with van der Waals surface area (Å²) < 4.78 is 5.34. The van der Waals surface area contributed by atoms with Crippen molar-refractivity contribution in [1.29, 1.82) is 0 Å². The van der Waals surface area contributed by atoms with Gasteiger partial charge in [0.25, 0.3) is 0 Å². The monoisotopic (exact) mass is 230 g/mol. The van der Waals surface area contributed by atoms with Crippen molar-refractivity contribution in [2.45, 2.75) is 26.7 Å². The van der Waals surface area contributed by atoms with Gasteiger partial charge in [-0.15, -0.1) is 0 Å². The molecule has 0 aliphatic rings. The van der Waals surface area contributed by atoms with Crippen LogP contribution in [0.2, 0.25) is 0 Å². The highest BCUT2D eigenvalue weighted by molar-refractivity contribution is 5.68. The second-order valence-corrected chi connectivity index (χ2v) is 4.10. The van der Waals surface area contributed by atoms with Crippen molar-refractivity contribution < 1.29 is 4.42 Å². The van der Waals surface area contributed by atoms with Gasteiger partial charge in [-0.25, -0.2) is 4.98 Å². The van der Waals surface area contributed by atoms with Gasteiger partial charge in [0.2, 0.25) is 5.89 Å². The van der Waals surface area contributed by atoms with Crippen molar-refractivity contribution in [3.63, 3.8) is 0 Å². The van der Waals surface area contributed by atoms with E-state index in [4.69, 9.17) is 4.42 Å². The quantitative estimate of drug-likeness (QED) is 0.792. The van der Waals surface area contributed by atoms with Crippen LogP contribution in [0, 0.1) is 6.92 Å². The van der Waals surface area contributed by atoms with Crippen LogP contribution in [0.3, 0.4) is 0 Å². The van der Waals surface area contributed by atoms with Crippen molar-refractivity contribution in [2.24, 2.45) is 0 Å². The van der Waals surface area contributed by atoms with Crippen molar-refractivity contribution in [2.75, 3.05) is 11.9 Å². The van der Waals surface area contributed by atoms with E-state index in [0.29, 0.717) is 5.89 Å². The van der Waals surface area contributed by atoms with E-state index in [9.17, 15) is 0 Å². The van der Waals surface area contributed by atoms with Gasteiger partial charge in [0.15, 0.2) is 0 Å². The first-order valence-corrected chi connectivity index (χ1v) is 6.06. The second kappa shape index (κ2) is 5.53. The smallest absolute Gasteiger partial charge is 0.226 e. The maximum absolute atomic E-state index is 5.34. The van der Waals surface area contributed by atoms with Crippen molar-refractivity contribution in [1.82, 2.24) is 4.98 Å². The predicted molar refractivity (Wildman–Crippen MR) is 70.1 cm³/mol. The van der Waals surface area contributed by atoms with Crippen LogP contribution < -0.4 is 5.32 Å². The Morgan fingerprint density at radius 2 is 2.24 bits per heavy atom. The van der Waals surface area contributed by atoms with E-state index in [1.54, 1.807) is 12.5 Å². The van der Waals surface area contributed by atoms with Gasteiger partial charge in [0.1, 0.15) is 6.26 Å². The molecule has 1 heterocycles. The molecule has 0 fully saturated rings. The maximum atomic E-state index is 5.34. The van der Waals surface area contributed by atoms with E-state index in [1.807, 2.05) is 12.1 Å². The summed E-state index contributed by atoms with van der Waals surface area (Å²) in [6.45, 7) is 5.29. The van der Waals surface area contributed by atoms with Gasteiger partial charge < -0.3 is 9.73 Å². The van der Waals surface area contributed by atoms with Gasteiger partial charge in [-0.1, -0.05) is 19.4 Å². The van der Waals surface area contributed by atoms with Crippen LogP contribution in [-0.2, 0) is 0 Å². The number of hydrogen-bond donors (Lipinski definition) is 1. The number of unbranched alkanes of at least 4 members (excludes halogenated alkanes) is 1. The maximum Gasteiger partial charge on any atom is 0.226 e. The summed E-state index contributed by atoms with van der Waals surface area (Å²) in [5.74, 6) is 0.682. The van der Waals surface area contributed by atoms with Crippen molar-refractivity contribution >= 4 is 5.69 Å². The number of nitrogens with zero attached hydrogens (tertiary/aromatic N) is 1. The first-order valence-electron chi connectivity index (χ1n) is 6.06. The predicted octanol–water partition coefficient (Wildman–Crippen LogP) is 3.86. The van der Waals surface area contributed by atoms with Gasteiger partial charge in [-0.2, -0.15) is 0 Å². The van der Waals surface area contributed by atoms with E-state index in [1.165, 1.54) is 18.4 Å². The number of aromatic nitrogens is 1. The minimum absolute atomic E-state index is 0.682. The van der Waals surface area contributed by atoms with Gasteiger partial charge in [-0.3, -0.25) is 0 Å². The molecule has 2 rings (SSSR count). The third-order valence-electron chi connectivity index (χ3n) is 2.84. The molecule has 1 N–H and O–H groups in total. The Morgan fingerprint density at radius 1 is 1.35 bits per heavy atom. The summed E-state index contributed by atoms with van der Waals surface area (Å²) in [7, 11) is 0. The molecule has 0 bridgehead atoms. The Hall–Kier alpha value is -1.77. The zero-order chi connectivity index (χ0) is 12.1. The zero-order valence-electron chi connectivity index (χ0n) is 10.4. The van der Waals surface area contributed by atoms with Crippen LogP contribution in [0.15, 0.2) is 35.1 Å². The molecule has 0 aliphatic carbocycles. The Balaban J connectivity index is 2.21. The van der Waals surface area contributed by atoms with E-state index in [-0.39, 0.29) is 0 Å². The number of nitrogens with one attached hydrogen (secondary N) is 1. The molecule has 1 aromatic heterocycles. The molecule has 0 aliphatic heterocycles. The average molecular weight is 230 g/mol. The lowest BCUT2D eigenvalue weighted by Crippen LogP contribution is -2.03. The Kier molecular flexibility index (Phi) is 3.81. The van der Waals surface area contributed by atoms with Crippen molar-refractivity contribution in [3.05, 3.63) is 36.2 Å². The topological polar surface area (TPSA) is 38.1 Å². The molecule has 17 heavy (non-hydrogen) atoms.